The highest BCUT2D eigenvalue weighted by Gasteiger charge is 2.33. The molecule has 0 aromatic carbocycles. The molecule has 1 rings (SSSR count). The number of rotatable bonds is 2. The van der Waals surface area contributed by atoms with E-state index in [-0.39, 0.29) is 5.60 Å². The topological polar surface area (TPSA) is 9.23 Å². The Morgan fingerprint density at radius 3 is 2.70 bits per heavy atom. The van der Waals surface area contributed by atoms with Crippen molar-refractivity contribution in [2.45, 2.75) is 31.8 Å². The number of methoxy groups -OCH3 is 1. The van der Waals surface area contributed by atoms with E-state index in [1.165, 1.54) is 12.8 Å². The summed E-state index contributed by atoms with van der Waals surface area (Å²) in [5.74, 6) is 0.685. The van der Waals surface area contributed by atoms with Crippen molar-refractivity contribution < 1.29 is 4.74 Å². The van der Waals surface area contributed by atoms with Crippen LogP contribution in [0.25, 0.3) is 0 Å². The molecule has 0 N–H and O–H groups in total. The van der Waals surface area contributed by atoms with Crippen molar-refractivity contribution in [3.05, 3.63) is 12.7 Å². The van der Waals surface area contributed by atoms with Gasteiger partial charge in [0.2, 0.25) is 0 Å². The normalized spacial score (nSPS) is 40.0. The van der Waals surface area contributed by atoms with Gasteiger partial charge < -0.3 is 4.74 Å². The molecule has 0 aromatic heterocycles. The summed E-state index contributed by atoms with van der Waals surface area (Å²) in [6.45, 7) is 5.96. The molecular formula is C9H16O. The third kappa shape index (κ3) is 1.40. The molecule has 0 saturated heterocycles. The van der Waals surface area contributed by atoms with Crippen LogP contribution in [0.15, 0.2) is 12.7 Å². The highest BCUT2D eigenvalue weighted by molar-refractivity contribution is 4.94. The molecule has 58 valence electrons. The highest BCUT2D eigenvalue weighted by atomic mass is 16.5. The minimum Gasteiger partial charge on any atom is -0.379 e. The molecule has 1 aliphatic rings. The van der Waals surface area contributed by atoms with Crippen molar-refractivity contribution in [1.82, 2.24) is 0 Å². The zero-order valence-electron chi connectivity index (χ0n) is 6.89. The lowest BCUT2D eigenvalue weighted by molar-refractivity contribution is 0.0106. The third-order valence-electron chi connectivity index (χ3n) is 2.56. The molecule has 10 heavy (non-hydrogen) atoms. The molecule has 2 atom stereocenters. The van der Waals surface area contributed by atoms with Gasteiger partial charge >= 0.3 is 0 Å². The van der Waals surface area contributed by atoms with E-state index in [0.717, 1.165) is 6.42 Å². The second-order valence-electron chi connectivity index (χ2n) is 3.39. The molecule has 1 heteroatoms. The molecule has 0 aliphatic heterocycles. The molecule has 1 fully saturated rings. The van der Waals surface area contributed by atoms with Crippen LogP contribution in [0.5, 0.6) is 0 Å². The second kappa shape index (κ2) is 2.75. The molecule has 1 nitrogen and oxygen atoms in total. The average Bonchev–Trinajstić information content (AvgIpc) is 2.33. The first-order valence-electron chi connectivity index (χ1n) is 3.88. The molecule has 0 amide bonds. The Balaban J connectivity index is 2.48. The van der Waals surface area contributed by atoms with Crippen LogP contribution >= 0.6 is 0 Å². The minimum absolute atomic E-state index is 0.138. The molecule has 0 bridgehead atoms. The summed E-state index contributed by atoms with van der Waals surface area (Å²) in [6, 6.07) is 0. The number of hydrogen-bond acceptors (Lipinski definition) is 1. The summed E-state index contributed by atoms with van der Waals surface area (Å²) in [6.07, 6.45) is 5.62. The summed E-state index contributed by atoms with van der Waals surface area (Å²) in [4.78, 5) is 0. The van der Waals surface area contributed by atoms with E-state index in [1.807, 2.05) is 6.08 Å². The lowest BCUT2D eigenvalue weighted by Crippen LogP contribution is -2.22. The van der Waals surface area contributed by atoms with Crippen LogP contribution < -0.4 is 0 Å². The van der Waals surface area contributed by atoms with Crippen molar-refractivity contribution in [3.63, 3.8) is 0 Å². The minimum atomic E-state index is 0.138. The van der Waals surface area contributed by atoms with Crippen LogP contribution in [-0.4, -0.2) is 12.7 Å². The van der Waals surface area contributed by atoms with Crippen LogP contribution in [-0.2, 0) is 4.74 Å². The van der Waals surface area contributed by atoms with Gasteiger partial charge in [0.1, 0.15) is 0 Å². The fourth-order valence-corrected chi connectivity index (χ4v) is 1.64. The van der Waals surface area contributed by atoms with E-state index < -0.39 is 0 Å². The monoisotopic (exact) mass is 140 g/mol. The van der Waals surface area contributed by atoms with E-state index in [0.29, 0.717) is 5.92 Å². The van der Waals surface area contributed by atoms with Gasteiger partial charge in [0.15, 0.2) is 0 Å². The van der Waals surface area contributed by atoms with Gasteiger partial charge in [-0.25, -0.2) is 0 Å². The lowest BCUT2D eigenvalue weighted by Gasteiger charge is -2.21. The summed E-state index contributed by atoms with van der Waals surface area (Å²) in [5.41, 5.74) is 0.138. The van der Waals surface area contributed by atoms with Gasteiger partial charge in [0, 0.05) is 7.11 Å². The molecule has 0 heterocycles. The first-order valence-corrected chi connectivity index (χ1v) is 3.88. The Morgan fingerprint density at radius 1 is 1.70 bits per heavy atom. The van der Waals surface area contributed by atoms with E-state index in [9.17, 15) is 0 Å². The van der Waals surface area contributed by atoms with Crippen molar-refractivity contribution in [2.75, 3.05) is 7.11 Å². The Bertz CT molecular complexity index is 131. The molecule has 0 spiro atoms. The maximum atomic E-state index is 5.38. The average molecular weight is 140 g/mol. The van der Waals surface area contributed by atoms with Crippen LogP contribution in [0.4, 0.5) is 0 Å². The Morgan fingerprint density at radius 2 is 2.40 bits per heavy atom. The number of hydrogen-bond donors (Lipinski definition) is 0. The molecule has 0 radical (unpaired) electrons. The van der Waals surface area contributed by atoms with Gasteiger partial charge in [-0.2, -0.15) is 0 Å². The predicted octanol–water partition coefficient (Wildman–Crippen LogP) is 2.38. The number of allylic oxidation sites excluding steroid dienone is 1. The quantitative estimate of drug-likeness (QED) is 0.535. The van der Waals surface area contributed by atoms with Gasteiger partial charge in [-0.1, -0.05) is 6.08 Å². The Labute approximate surface area is 63.1 Å². The van der Waals surface area contributed by atoms with Crippen LogP contribution in [0.2, 0.25) is 0 Å². The fourth-order valence-electron chi connectivity index (χ4n) is 1.64. The number of ether oxygens (including phenoxy) is 1. The van der Waals surface area contributed by atoms with Crippen LogP contribution in [0.1, 0.15) is 26.2 Å². The first-order chi connectivity index (χ1) is 4.70. The van der Waals surface area contributed by atoms with Crippen molar-refractivity contribution >= 4 is 0 Å². The van der Waals surface area contributed by atoms with E-state index >= 15 is 0 Å². The maximum absolute atomic E-state index is 5.38. The zero-order valence-corrected chi connectivity index (χ0v) is 6.89. The van der Waals surface area contributed by atoms with Gasteiger partial charge in [-0.05, 0) is 32.1 Å². The van der Waals surface area contributed by atoms with Crippen molar-refractivity contribution in [1.29, 1.82) is 0 Å². The Kier molecular flexibility index (Phi) is 2.14. The van der Waals surface area contributed by atoms with E-state index in [1.54, 1.807) is 7.11 Å². The van der Waals surface area contributed by atoms with Crippen LogP contribution in [0.3, 0.4) is 0 Å². The van der Waals surface area contributed by atoms with E-state index in [2.05, 4.69) is 13.5 Å². The molecule has 1 aliphatic carbocycles. The zero-order chi connectivity index (χ0) is 7.61. The fraction of sp³-hybridized carbons (Fsp3) is 0.778. The Hall–Kier alpha value is -0.300. The predicted molar refractivity (Wildman–Crippen MR) is 43.0 cm³/mol. The van der Waals surface area contributed by atoms with E-state index in [4.69, 9.17) is 4.74 Å². The summed E-state index contributed by atoms with van der Waals surface area (Å²) in [7, 11) is 1.80. The third-order valence-corrected chi connectivity index (χ3v) is 2.56. The van der Waals surface area contributed by atoms with Crippen molar-refractivity contribution in [2.24, 2.45) is 5.92 Å². The van der Waals surface area contributed by atoms with Gasteiger partial charge in [0.25, 0.3) is 0 Å². The van der Waals surface area contributed by atoms with Crippen LogP contribution in [0, 0.1) is 5.92 Å². The molecule has 0 aromatic rings. The summed E-state index contributed by atoms with van der Waals surface area (Å²) >= 11 is 0. The standard InChI is InChI=1S/C9H16O/c1-4-8-5-6-9(2,7-8)10-3/h4,8H,1,5-7H2,2-3H3. The smallest absolute Gasteiger partial charge is 0.0656 e. The van der Waals surface area contributed by atoms with Gasteiger partial charge in [0.05, 0.1) is 5.60 Å². The SMILES string of the molecule is C=CC1CCC(C)(OC)C1. The van der Waals surface area contributed by atoms with Gasteiger partial charge in [-0.3, -0.25) is 0 Å². The molecule has 2 unspecified atom stereocenters. The second-order valence-corrected chi connectivity index (χ2v) is 3.39. The summed E-state index contributed by atoms with van der Waals surface area (Å²) in [5, 5.41) is 0. The first kappa shape index (κ1) is 7.80. The highest BCUT2D eigenvalue weighted by Crippen LogP contribution is 2.36. The summed E-state index contributed by atoms with van der Waals surface area (Å²) < 4.78 is 5.38. The van der Waals surface area contributed by atoms with Crippen molar-refractivity contribution in [3.8, 4) is 0 Å². The largest absolute Gasteiger partial charge is 0.379 e. The lowest BCUT2D eigenvalue weighted by atomic mass is 10.0. The molecular weight excluding hydrogens is 124 g/mol. The molecule has 1 saturated carbocycles. The van der Waals surface area contributed by atoms with Gasteiger partial charge in [-0.15, -0.1) is 6.58 Å². The maximum Gasteiger partial charge on any atom is 0.0656 e.